The first-order valence-electron chi connectivity index (χ1n) is 10.6. The SMILES string of the molecule is O=C(CCl)Nc1ccc(OP(=O)(Oc2ccc(NC(=O)CCl)cc2)c2ccc(NC(=O)CCl)cc2)cc1. The molecule has 0 bridgehead atoms. The Morgan fingerprint density at radius 1 is 0.568 bits per heavy atom. The lowest BCUT2D eigenvalue weighted by atomic mass is 10.3. The molecule has 9 nitrogen and oxygen atoms in total. The van der Waals surface area contributed by atoms with E-state index in [-0.39, 0.29) is 46.3 Å². The second-order valence-electron chi connectivity index (χ2n) is 7.32. The van der Waals surface area contributed by atoms with E-state index in [1.54, 1.807) is 24.3 Å². The molecule has 0 spiro atoms. The van der Waals surface area contributed by atoms with Crippen LogP contribution in [0.25, 0.3) is 0 Å². The standard InChI is InChI=1S/C24H21Cl3N3O6P/c25-13-22(31)28-16-1-7-19(8-2-16)35-37(34,21-11-5-18(6-12-21)30-24(33)15-27)36-20-9-3-17(4-10-20)29-23(32)14-26/h1-12H,13-15H2,(H,28,31)(H,29,32)(H,30,33). The summed E-state index contributed by atoms with van der Waals surface area (Å²) in [7, 11) is -4.03. The third kappa shape index (κ3) is 8.40. The first-order chi connectivity index (χ1) is 17.7. The zero-order valence-corrected chi connectivity index (χ0v) is 22.2. The molecule has 3 N–H and O–H groups in total. The molecule has 0 atom stereocenters. The Bertz CT molecular complexity index is 1220. The van der Waals surface area contributed by atoms with Gasteiger partial charge in [-0.15, -0.1) is 34.8 Å². The molecule has 3 aromatic carbocycles. The molecule has 37 heavy (non-hydrogen) atoms. The minimum absolute atomic E-state index is 0.197. The number of hydrogen-bond donors (Lipinski definition) is 3. The first kappa shape index (κ1) is 28.3. The molecule has 0 fully saturated rings. The largest absolute Gasteiger partial charge is 0.462 e. The topological polar surface area (TPSA) is 123 Å². The fraction of sp³-hybridized carbons (Fsp3) is 0.125. The molecule has 3 amide bonds. The molecular formula is C24H21Cl3N3O6P. The van der Waals surface area contributed by atoms with Crippen molar-refractivity contribution >= 4 is 82.5 Å². The normalized spacial score (nSPS) is 10.8. The van der Waals surface area contributed by atoms with Gasteiger partial charge in [0.2, 0.25) is 17.7 Å². The lowest BCUT2D eigenvalue weighted by Crippen LogP contribution is -2.17. The number of halogens is 3. The maximum atomic E-state index is 14.0. The molecule has 0 radical (unpaired) electrons. The number of carbonyl (C=O) groups excluding carboxylic acids is 3. The van der Waals surface area contributed by atoms with E-state index in [1.807, 2.05) is 0 Å². The summed E-state index contributed by atoms with van der Waals surface area (Å²) in [5, 5.41) is 7.98. The molecule has 0 aliphatic rings. The van der Waals surface area contributed by atoms with Gasteiger partial charge in [0.25, 0.3) is 0 Å². The highest BCUT2D eigenvalue weighted by Gasteiger charge is 2.31. The summed E-state index contributed by atoms with van der Waals surface area (Å²) < 4.78 is 25.7. The van der Waals surface area contributed by atoms with Gasteiger partial charge < -0.3 is 25.0 Å². The Balaban J connectivity index is 1.87. The van der Waals surface area contributed by atoms with Crippen molar-refractivity contribution in [3.63, 3.8) is 0 Å². The molecule has 194 valence electrons. The fourth-order valence-electron chi connectivity index (χ4n) is 2.91. The number of benzene rings is 3. The van der Waals surface area contributed by atoms with Crippen molar-refractivity contribution in [2.75, 3.05) is 33.6 Å². The van der Waals surface area contributed by atoms with Crippen LogP contribution in [-0.2, 0) is 18.9 Å². The van der Waals surface area contributed by atoms with Crippen LogP contribution in [0.15, 0.2) is 72.8 Å². The molecule has 0 heterocycles. The second-order valence-corrected chi connectivity index (χ2v) is 10.00. The van der Waals surface area contributed by atoms with Gasteiger partial charge in [0.15, 0.2) is 0 Å². The van der Waals surface area contributed by atoms with E-state index >= 15 is 0 Å². The number of anilines is 3. The summed E-state index contributed by atoms with van der Waals surface area (Å²) in [6.45, 7) is 0. The molecule has 13 heteroatoms. The van der Waals surface area contributed by atoms with E-state index in [0.717, 1.165) is 0 Å². The minimum atomic E-state index is -4.03. The zero-order chi connectivity index (χ0) is 26.8. The van der Waals surface area contributed by atoms with Gasteiger partial charge in [0.1, 0.15) is 29.1 Å². The summed E-state index contributed by atoms with van der Waals surface area (Å²) in [6.07, 6.45) is 0. The fourth-order valence-corrected chi connectivity index (χ4v) is 4.67. The molecule has 0 aliphatic heterocycles. The predicted octanol–water partition coefficient (Wildman–Crippen LogP) is 5.19. The highest BCUT2D eigenvalue weighted by atomic mass is 35.5. The molecule has 0 saturated carbocycles. The number of rotatable bonds is 11. The van der Waals surface area contributed by atoms with Gasteiger partial charge in [0, 0.05) is 17.1 Å². The van der Waals surface area contributed by atoms with Crippen LogP contribution in [0.1, 0.15) is 0 Å². The van der Waals surface area contributed by atoms with Crippen LogP contribution in [0.5, 0.6) is 11.5 Å². The van der Waals surface area contributed by atoms with Crippen molar-refractivity contribution in [1.82, 2.24) is 0 Å². The van der Waals surface area contributed by atoms with Gasteiger partial charge in [-0.3, -0.25) is 14.4 Å². The van der Waals surface area contributed by atoms with Crippen molar-refractivity contribution in [1.29, 1.82) is 0 Å². The van der Waals surface area contributed by atoms with E-state index in [2.05, 4.69) is 16.0 Å². The average Bonchev–Trinajstić information content (AvgIpc) is 2.91. The van der Waals surface area contributed by atoms with Crippen LogP contribution in [0.3, 0.4) is 0 Å². The number of amides is 3. The van der Waals surface area contributed by atoms with Crippen molar-refractivity contribution in [2.45, 2.75) is 0 Å². The number of hydrogen-bond acceptors (Lipinski definition) is 6. The Morgan fingerprint density at radius 2 is 0.865 bits per heavy atom. The maximum absolute atomic E-state index is 14.0. The van der Waals surface area contributed by atoms with Crippen molar-refractivity contribution < 1.29 is 28.0 Å². The first-order valence-corrected chi connectivity index (χ1v) is 13.8. The summed E-state index contributed by atoms with van der Waals surface area (Å²) in [5.41, 5.74) is 1.39. The molecule has 0 unspecified atom stereocenters. The Morgan fingerprint density at radius 3 is 1.16 bits per heavy atom. The highest BCUT2D eigenvalue weighted by Crippen LogP contribution is 2.48. The average molecular weight is 585 g/mol. The Hall–Kier alpha value is -3.23. The third-order valence-electron chi connectivity index (χ3n) is 4.56. The van der Waals surface area contributed by atoms with Gasteiger partial charge in [-0.1, -0.05) is 0 Å². The zero-order valence-electron chi connectivity index (χ0n) is 19.1. The van der Waals surface area contributed by atoms with Gasteiger partial charge >= 0.3 is 7.60 Å². The quantitative estimate of drug-likeness (QED) is 0.210. The molecule has 0 aromatic heterocycles. The van der Waals surface area contributed by atoms with E-state index in [4.69, 9.17) is 43.9 Å². The van der Waals surface area contributed by atoms with Gasteiger partial charge in [-0.05, 0) is 72.8 Å². The summed E-state index contributed by atoms with van der Waals surface area (Å²) in [5.74, 6) is -1.35. The van der Waals surface area contributed by atoms with Gasteiger partial charge in [-0.25, -0.2) is 4.57 Å². The lowest BCUT2D eigenvalue weighted by Gasteiger charge is -2.21. The van der Waals surface area contributed by atoms with E-state index in [9.17, 15) is 18.9 Å². The summed E-state index contributed by atoms with van der Waals surface area (Å²) >= 11 is 16.5. The van der Waals surface area contributed by atoms with Crippen molar-refractivity contribution in [3.05, 3.63) is 72.8 Å². The maximum Gasteiger partial charge on any atom is 0.462 e. The number of alkyl halides is 3. The van der Waals surface area contributed by atoms with E-state index in [1.165, 1.54) is 48.5 Å². The highest BCUT2D eigenvalue weighted by molar-refractivity contribution is 7.63. The molecular weight excluding hydrogens is 564 g/mol. The predicted molar refractivity (Wildman–Crippen MR) is 146 cm³/mol. The smallest absolute Gasteiger partial charge is 0.413 e. The molecule has 0 saturated heterocycles. The Labute approximate surface area is 227 Å². The van der Waals surface area contributed by atoms with Crippen LogP contribution in [0, 0.1) is 0 Å². The monoisotopic (exact) mass is 583 g/mol. The van der Waals surface area contributed by atoms with Crippen LogP contribution in [0.2, 0.25) is 0 Å². The van der Waals surface area contributed by atoms with Crippen LogP contribution in [-0.4, -0.2) is 35.4 Å². The third-order valence-corrected chi connectivity index (χ3v) is 7.12. The number of carbonyl (C=O) groups is 3. The van der Waals surface area contributed by atoms with E-state index < -0.39 is 13.5 Å². The van der Waals surface area contributed by atoms with Crippen molar-refractivity contribution in [2.24, 2.45) is 0 Å². The van der Waals surface area contributed by atoms with Gasteiger partial charge in [-0.2, -0.15) is 0 Å². The molecule has 3 aromatic rings. The summed E-state index contributed by atoms with van der Waals surface area (Å²) in [6, 6.07) is 18.4. The van der Waals surface area contributed by atoms with Gasteiger partial charge in [0.05, 0.1) is 5.30 Å². The van der Waals surface area contributed by atoms with Crippen LogP contribution in [0.4, 0.5) is 17.1 Å². The number of nitrogens with one attached hydrogen (secondary N) is 3. The summed E-state index contributed by atoms with van der Waals surface area (Å²) in [4.78, 5) is 34.5. The van der Waals surface area contributed by atoms with Crippen LogP contribution >= 0.6 is 42.4 Å². The lowest BCUT2D eigenvalue weighted by molar-refractivity contribution is -0.114. The minimum Gasteiger partial charge on any atom is -0.413 e. The molecule has 3 rings (SSSR count). The van der Waals surface area contributed by atoms with E-state index in [0.29, 0.717) is 17.1 Å². The Kier molecular flexibility index (Phi) is 10.2. The van der Waals surface area contributed by atoms with Crippen LogP contribution < -0.4 is 30.3 Å². The molecule has 0 aliphatic carbocycles. The second kappa shape index (κ2) is 13.4. The van der Waals surface area contributed by atoms with Crippen molar-refractivity contribution in [3.8, 4) is 11.5 Å².